The quantitative estimate of drug-likeness (QED) is 0.774. The second-order valence-electron chi connectivity index (χ2n) is 7.07. The molecule has 1 aliphatic carbocycles. The highest BCUT2D eigenvalue weighted by molar-refractivity contribution is 5.91. The molecule has 3 atom stereocenters. The van der Waals surface area contributed by atoms with E-state index in [0.29, 0.717) is 18.4 Å². The number of aliphatic hydroxyl groups excluding tert-OH is 1. The smallest absolute Gasteiger partial charge is 0.288 e. The largest absolute Gasteiger partial charge is 0.459 e. The minimum atomic E-state index is -0.403. The fourth-order valence-corrected chi connectivity index (χ4v) is 3.84. The molecule has 1 aliphatic heterocycles. The number of likely N-dealkylation sites (N-methyl/N-ethyl adjacent to an activating group) is 1. The van der Waals surface area contributed by atoms with Crippen LogP contribution in [0.15, 0.2) is 11.8 Å². The van der Waals surface area contributed by atoms with Crippen LogP contribution < -0.4 is 0 Å². The molecule has 0 aromatic heterocycles. The Morgan fingerprint density at radius 2 is 2.08 bits per heavy atom. The molecule has 5 nitrogen and oxygen atoms in total. The zero-order valence-electron chi connectivity index (χ0n) is 15.4. The van der Waals surface area contributed by atoms with E-state index in [1.807, 2.05) is 24.9 Å². The highest BCUT2D eigenvalue weighted by atomic mass is 16.7. The van der Waals surface area contributed by atoms with E-state index in [1.54, 1.807) is 0 Å². The topological polar surface area (TPSA) is 59.0 Å². The molecule has 0 radical (unpaired) electrons. The third-order valence-electron chi connectivity index (χ3n) is 5.36. The molecule has 1 heterocycles. The van der Waals surface area contributed by atoms with E-state index in [2.05, 4.69) is 6.92 Å². The van der Waals surface area contributed by atoms with Crippen molar-refractivity contribution in [3.05, 3.63) is 11.8 Å². The molecule has 1 amide bonds. The number of aliphatic hydroxyl groups is 1. The Hall–Kier alpha value is -1.07. The minimum Gasteiger partial charge on any atom is -0.459 e. The predicted molar refractivity (Wildman–Crippen MR) is 93.2 cm³/mol. The van der Waals surface area contributed by atoms with E-state index in [-0.39, 0.29) is 24.3 Å². The van der Waals surface area contributed by atoms with Crippen LogP contribution in [-0.4, -0.2) is 48.5 Å². The summed E-state index contributed by atoms with van der Waals surface area (Å²) >= 11 is 0. The number of carbonyl (C=O) groups excluding carboxylic acids is 1. The molecule has 0 spiro atoms. The van der Waals surface area contributed by atoms with E-state index in [1.165, 1.54) is 19.3 Å². The van der Waals surface area contributed by atoms with Crippen LogP contribution in [0.4, 0.5) is 0 Å². The summed E-state index contributed by atoms with van der Waals surface area (Å²) < 4.78 is 11.7. The summed E-state index contributed by atoms with van der Waals surface area (Å²) in [7, 11) is 1.89. The Balaban J connectivity index is 2.06. The second kappa shape index (κ2) is 9.42. The van der Waals surface area contributed by atoms with Gasteiger partial charge in [0.1, 0.15) is 0 Å². The van der Waals surface area contributed by atoms with E-state index in [9.17, 15) is 4.79 Å². The van der Waals surface area contributed by atoms with Crippen molar-refractivity contribution in [3.8, 4) is 0 Å². The highest BCUT2D eigenvalue weighted by Gasteiger charge is 2.36. The van der Waals surface area contributed by atoms with Crippen LogP contribution >= 0.6 is 0 Å². The van der Waals surface area contributed by atoms with E-state index in [4.69, 9.17) is 14.6 Å². The van der Waals surface area contributed by atoms with Crippen LogP contribution in [-0.2, 0) is 14.3 Å². The first kappa shape index (κ1) is 19.3. The maximum Gasteiger partial charge on any atom is 0.288 e. The van der Waals surface area contributed by atoms with Gasteiger partial charge in [-0.15, -0.1) is 0 Å². The van der Waals surface area contributed by atoms with Crippen molar-refractivity contribution >= 4 is 5.91 Å². The minimum absolute atomic E-state index is 0.0286. The standard InChI is InChI=1S/C19H33NO4/c1-4-23-19-16(11-8-12-21)14(2)13-17(24-19)18(22)20(3)15-9-6-5-7-10-15/h13-16,19,21H,4-12H2,1-3H3/t14-,16+,19+/m0/s1. The monoisotopic (exact) mass is 339 g/mol. The Morgan fingerprint density at radius 3 is 2.71 bits per heavy atom. The molecule has 0 aromatic rings. The summed E-state index contributed by atoms with van der Waals surface area (Å²) in [5.74, 6) is 0.766. The van der Waals surface area contributed by atoms with Gasteiger partial charge in [-0.1, -0.05) is 26.2 Å². The predicted octanol–water partition coefficient (Wildman–Crippen LogP) is 3.08. The molecule has 2 aliphatic rings. The molecule has 0 saturated heterocycles. The first-order valence-corrected chi connectivity index (χ1v) is 9.46. The number of hydrogen-bond donors (Lipinski definition) is 1. The number of allylic oxidation sites excluding steroid dienone is 1. The van der Waals surface area contributed by atoms with Crippen molar-refractivity contribution in [2.75, 3.05) is 20.3 Å². The lowest BCUT2D eigenvalue weighted by Gasteiger charge is -2.37. The molecule has 24 heavy (non-hydrogen) atoms. The lowest BCUT2D eigenvalue weighted by atomic mass is 9.86. The number of ether oxygens (including phenoxy) is 2. The van der Waals surface area contributed by atoms with Crippen molar-refractivity contribution in [2.24, 2.45) is 11.8 Å². The average Bonchev–Trinajstić information content (AvgIpc) is 2.60. The first-order chi connectivity index (χ1) is 11.6. The number of nitrogens with zero attached hydrogens (tertiary/aromatic N) is 1. The zero-order valence-corrected chi connectivity index (χ0v) is 15.4. The summed E-state index contributed by atoms with van der Waals surface area (Å²) in [6.45, 7) is 4.75. The molecule has 138 valence electrons. The van der Waals surface area contributed by atoms with Gasteiger partial charge in [0.15, 0.2) is 5.76 Å². The molecule has 0 unspecified atom stereocenters. The van der Waals surface area contributed by atoms with Gasteiger partial charge in [0.25, 0.3) is 5.91 Å². The fraction of sp³-hybridized carbons (Fsp3) is 0.842. The number of rotatable bonds is 7. The van der Waals surface area contributed by atoms with Crippen molar-refractivity contribution in [3.63, 3.8) is 0 Å². The highest BCUT2D eigenvalue weighted by Crippen LogP contribution is 2.33. The first-order valence-electron chi connectivity index (χ1n) is 9.46. The summed E-state index contributed by atoms with van der Waals surface area (Å²) in [4.78, 5) is 14.7. The van der Waals surface area contributed by atoms with Gasteiger partial charge in [0.2, 0.25) is 6.29 Å². The van der Waals surface area contributed by atoms with Gasteiger partial charge in [-0.3, -0.25) is 4.79 Å². The lowest BCUT2D eigenvalue weighted by Crippen LogP contribution is -2.43. The summed E-state index contributed by atoms with van der Waals surface area (Å²) in [6.07, 6.45) is 8.93. The maximum absolute atomic E-state index is 12.9. The zero-order chi connectivity index (χ0) is 17.5. The molecule has 1 fully saturated rings. The van der Waals surface area contributed by atoms with E-state index >= 15 is 0 Å². The van der Waals surface area contributed by atoms with Crippen molar-refractivity contribution < 1.29 is 19.4 Å². The van der Waals surface area contributed by atoms with Crippen molar-refractivity contribution in [1.29, 1.82) is 0 Å². The summed E-state index contributed by atoms with van der Waals surface area (Å²) in [5, 5.41) is 9.10. The lowest BCUT2D eigenvalue weighted by molar-refractivity contribution is -0.174. The van der Waals surface area contributed by atoms with Gasteiger partial charge in [-0.2, -0.15) is 0 Å². The number of carbonyl (C=O) groups is 1. The Kier molecular flexibility index (Phi) is 7.56. The fourth-order valence-electron chi connectivity index (χ4n) is 3.84. The Labute approximate surface area is 146 Å². The van der Waals surface area contributed by atoms with Crippen LogP contribution in [0.2, 0.25) is 0 Å². The average molecular weight is 339 g/mol. The van der Waals surface area contributed by atoms with Crippen LogP contribution in [0.1, 0.15) is 58.8 Å². The van der Waals surface area contributed by atoms with Crippen molar-refractivity contribution in [1.82, 2.24) is 4.90 Å². The third kappa shape index (κ3) is 4.73. The summed E-state index contributed by atoms with van der Waals surface area (Å²) in [6, 6.07) is 0.323. The third-order valence-corrected chi connectivity index (χ3v) is 5.36. The normalized spacial score (nSPS) is 28.2. The molecule has 1 saturated carbocycles. The Morgan fingerprint density at radius 1 is 1.38 bits per heavy atom. The van der Waals surface area contributed by atoms with Crippen LogP contribution in [0.25, 0.3) is 0 Å². The molecule has 0 bridgehead atoms. The molecular formula is C19H33NO4. The van der Waals surface area contributed by atoms with Crippen LogP contribution in [0, 0.1) is 11.8 Å². The second-order valence-corrected chi connectivity index (χ2v) is 7.07. The molecular weight excluding hydrogens is 306 g/mol. The van der Waals surface area contributed by atoms with Gasteiger partial charge < -0.3 is 19.5 Å². The Bertz CT molecular complexity index is 431. The van der Waals surface area contributed by atoms with Crippen molar-refractivity contribution in [2.45, 2.75) is 71.1 Å². The van der Waals surface area contributed by atoms with E-state index in [0.717, 1.165) is 25.7 Å². The molecule has 5 heteroatoms. The molecule has 0 aromatic carbocycles. The van der Waals surface area contributed by atoms with Crippen LogP contribution in [0.3, 0.4) is 0 Å². The van der Waals surface area contributed by atoms with E-state index < -0.39 is 6.29 Å². The molecule has 2 rings (SSSR count). The number of hydrogen-bond acceptors (Lipinski definition) is 4. The summed E-state index contributed by atoms with van der Waals surface area (Å²) in [5.41, 5.74) is 0. The van der Waals surface area contributed by atoms with Gasteiger partial charge in [-0.05, 0) is 44.6 Å². The van der Waals surface area contributed by atoms with Gasteiger partial charge in [0, 0.05) is 32.2 Å². The maximum atomic E-state index is 12.9. The number of amides is 1. The van der Waals surface area contributed by atoms with Gasteiger partial charge in [0.05, 0.1) is 0 Å². The van der Waals surface area contributed by atoms with Crippen LogP contribution in [0.5, 0.6) is 0 Å². The van der Waals surface area contributed by atoms with Gasteiger partial charge >= 0.3 is 0 Å². The van der Waals surface area contributed by atoms with Gasteiger partial charge in [-0.25, -0.2) is 0 Å². The SMILES string of the molecule is CCO[C@@H]1OC(C(=O)N(C)C2CCCCC2)=C[C@H](C)[C@H]1CCCO. The molecule has 1 N–H and O–H groups in total.